The molecule has 2 aromatic carbocycles. The van der Waals surface area contributed by atoms with Crippen molar-refractivity contribution in [3.8, 4) is 5.75 Å². The van der Waals surface area contributed by atoms with Gasteiger partial charge in [-0.2, -0.15) is 0 Å². The van der Waals surface area contributed by atoms with Crippen LogP contribution in [0, 0.1) is 6.92 Å². The number of urea groups is 1. The fraction of sp³-hybridized carbons (Fsp3) is 0.300. The Morgan fingerprint density at radius 1 is 1.12 bits per heavy atom. The van der Waals surface area contributed by atoms with Crippen LogP contribution in [-0.2, 0) is 10.3 Å². The van der Waals surface area contributed by atoms with Crippen molar-refractivity contribution in [2.75, 3.05) is 7.11 Å². The number of carbonyl (C=O) groups excluding carboxylic acids is 2. The first-order chi connectivity index (χ1) is 11.9. The van der Waals surface area contributed by atoms with E-state index in [1.165, 1.54) is 4.90 Å². The summed E-state index contributed by atoms with van der Waals surface area (Å²) in [5.41, 5.74) is 1.49. The number of hydrogen-bond acceptors (Lipinski definition) is 3. The number of methoxy groups -OCH3 is 1. The largest absolute Gasteiger partial charge is 0.496 e. The molecule has 2 atom stereocenters. The number of benzene rings is 2. The van der Waals surface area contributed by atoms with Crippen LogP contribution in [0.5, 0.6) is 5.75 Å². The minimum atomic E-state index is -1.09. The summed E-state index contributed by atoms with van der Waals surface area (Å²) in [5, 5.41) is 2.86. The van der Waals surface area contributed by atoms with Crippen molar-refractivity contribution in [3.05, 3.63) is 65.2 Å². The van der Waals surface area contributed by atoms with E-state index in [9.17, 15) is 9.59 Å². The Bertz CT molecular complexity index is 819. The highest BCUT2D eigenvalue weighted by molar-refractivity contribution is 6.07. The summed E-state index contributed by atoms with van der Waals surface area (Å²) in [6.45, 7) is 5.52. The lowest BCUT2D eigenvalue weighted by Crippen LogP contribution is -2.41. The van der Waals surface area contributed by atoms with Gasteiger partial charge >= 0.3 is 6.03 Å². The summed E-state index contributed by atoms with van der Waals surface area (Å²) in [6.07, 6.45) is 0. The summed E-state index contributed by atoms with van der Waals surface area (Å²) in [4.78, 5) is 27.0. The number of nitrogens with one attached hydrogen (secondary N) is 1. The van der Waals surface area contributed by atoms with E-state index in [1.54, 1.807) is 14.0 Å². The van der Waals surface area contributed by atoms with Crippen LogP contribution in [0.2, 0.25) is 0 Å². The van der Waals surface area contributed by atoms with E-state index in [4.69, 9.17) is 4.74 Å². The first kappa shape index (κ1) is 17.0. The van der Waals surface area contributed by atoms with Crippen molar-refractivity contribution in [1.82, 2.24) is 10.2 Å². The van der Waals surface area contributed by atoms with Crippen LogP contribution in [0.25, 0.3) is 0 Å². The lowest BCUT2D eigenvalue weighted by atomic mass is 9.90. The molecule has 1 saturated heterocycles. The Kier molecular flexibility index (Phi) is 4.25. The number of nitrogens with zero attached hydrogens (tertiary/aromatic N) is 1. The van der Waals surface area contributed by atoms with Gasteiger partial charge in [-0.3, -0.25) is 9.69 Å². The smallest absolute Gasteiger partial charge is 0.325 e. The standard InChI is InChI=1S/C20H22N2O3/c1-13-12-16(10-11-17(13)25-4)20(3)18(23)22(19(24)21-20)14(2)15-8-6-5-7-9-15/h5-12,14H,1-4H3,(H,21,24). The lowest BCUT2D eigenvalue weighted by Gasteiger charge is -2.25. The van der Waals surface area contributed by atoms with Gasteiger partial charge in [-0.25, -0.2) is 4.79 Å². The van der Waals surface area contributed by atoms with E-state index in [1.807, 2.05) is 62.4 Å². The first-order valence-electron chi connectivity index (χ1n) is 8.24. The van der Waals surface area contributed by atoms with Crippen molar-refractivity contribution < 1.29 is 14.3 Å². The van der Waals surface area contributed by atoms with Gasteiger partial charge in [0, 0.05) is 0 Å². The summed E-state index contributed by atoms with van der Waals surface area (Å²) < 4.78 is 5.28. The Hall–Kier alpha value is -2.82. The molecular weight excluding hydrogens is 316 g/mol. The third-order valence-corrected chi connectivity index (χ3v) is 4.86. The van der Waals surface area contributed by atoms with E-state index in [0.717, 1.165) is 22.4 Å². The van der Waals surface area contributed by atoms with Crippen LogP contribution >= 0.6 is 0 Å². The van der Waals surface area contributed by atoms with Crippen LogP contribution in [0.3, 0.4) is 0 Å². The van der Waals surface area contributed by atoms with Crippen molar-refractivity contribution in [1.29, 1.82) is 0 Å². The topological polar surface area (TPSA) is 58.6 Å². The van der Waals surface area contributed by atoms with E-state index in [-0.39, 0.29) is 18.0 Å². The molecule has 3 rings (SSSR count). The van der Waals surface area contributed by atoms with E-state index in [0.29, 0.717) is 0 Å². The average Bonchev–Trinajstić information content (AvgIpc) is 2.85. The highest BCUT2D eigenvalue weighted by Gasteiger charge is 2.50. The molecule has 130 valence electrons. The second-order valence-corrected chi connectivity index (χ2v) is 6.50. The SMILES string of the molecule is COc1ccc(C2(C)NC(=O)N(C(C)c3ccccc3)C2=O)cc1C. The number of imide groups is 1. The molecule has 0 aliphatic carbocycles. The van der Waals surface area contributed by atoms with Crippen LogP contribution in [0.4, 0.5) is 4.79 Å². The molecule has 1 fully saturated rings. The first-order valence-corrected chi connectivity index (χ1v) is 8.24. The van der Waals surface area contributed by atoms with Crippen LogP contribution in [0.1, 0.15) is 36.6 Å². The molecule has 1 aliphatic heterocycles. The minimum Gasteiger partial charge on any atom is -0.496 e. The van der Waals surface area contributed by atoms with Crippen molar-refractivity contribution in [2.45, 2.75) is 32.4 Å². The Morgan fingerprint density at radius 3 is 2.40 bits per heavy atom. The lowest BCUT2D eigenvalue weighted by molar-refractivity contribution is -0.132. The molecule has 0 bridgehead atoms. The predicted octanol–water partition coefficient (Wildman–Crippen LogP) is 3.53. The zero-order valence-corrected chi connectivity index (χ0v) is 14.9. The quantitative estimate of drug-likeness (QED) is 0.868. The molecule has 3 amide bonds. The van der Waals surface area contributed by atoms with Crippen LogP contribution in [0.15, 0.2) is 48.5 Å². The number of aryl methyl sites for hydroxylation is 1. The van der Waals surface area contributed by atoms with Crippen LogP contribution in [-0.4, -0.2) is 23.9 Å². The highest BCUT2D eigenvalue weighted by Crippen LogP contribution is 2.35. The second kappa shape index (κ2) is 6.24. The van der Waals surface area contributed by atoms with Gasteiger partial charge in [0.2, 0.25) is 0 Å². The van der Waals surface area contributed by atoms with E-state index in [2.05, 4.69) is 5.32 Å². The molecule has 25 heavy (non-hydrogen) atoms. The van der Waals surface area contributed by atoms with Crippen molar-refractivity contribution in [2.24, 2.45) is 0 Å². The predicted molar refractivity (Wildman–Crippen MR) is 95.3 cm³/mol. The van der Waals surface area contributed by atoms with Gasteiger partial charge in [0.15, 0.2) is 0 Å². The molecule has 1 aliphatic rings. The number of rotatable bonds is 4. The second-order valence-electron chi connectivity index (χ2n) is 6.50. The maximum absolute atomic E-state index is 13.1. The summed E-state index contributed by atoms with van der Waals surface area (Å²) in [6, 6.07) is 14.3. The average molecular weight is 338 g/mol. The zero-order chi connectivity index (χ0) is 18.2. The summed E-state index contributed by atoms with van der Waals surface area (Å²) in [7, 11) is 1.61. The molecule has 0 spiro atoms. The van der Waals surface area contributed by atoms with Gasteiger partial charge in [0.1, 0.15) is 11.3 Å². The Morgan fingerprint density at radius 2 is 1.80 bits per heavy atom. The maximum atomic E-state index is 13.1. The number of ether oxygens (including phenoxy) is 1. The maximum Gasteiger partial charge on any atom is 0.325 e. The normalized spacial score (nSPS) is 21.2. The Balaban J connectivity index is 1.96. The molecule has 1 heterocycles. The summed E-state index contributed by atoms with van der Waals surface area (Å²) >= 11 is 0. The number of carbonyl (C=O) groups is 2. The fourth-order valence-corrected chi connectivity index (χ4v) is 3.28. The van der Waals surface area contributed by atoms with Crippen LogP contribution < -0.4 is 10.1 Å². The zero-order valence-electron chi connectivity index (χ0n) is 14.9. The molecule has 5 heteroatoms. The fourth-order valence-electron chi connectivity index (χ4n) is 3.28. The minimum absolute atomic E-state index is 0.251. The van der Waals surface area contributed by atoms with E-state index < -0.39 is 5.54 Å². The molecule has 5 nitrogen and oxygen atoms in total. The number of amides is 3. The van der Waals surface area contributed by atoms with Gasteiger partial charge in [0.25, 0.3) is 5.91 Å². The van der Waals surface area contributed by atoms with Crippen molar-refractivity contribution in [3.63, 3.8) is 0 Å². The molecular formula is C20H22N2O3. The Labute approximate surface area is 147 Å². The monoisotopic (exact) mass is 338 g/mol. The molecule has 2 unspecified atom stereocenters. The summed E-state index contributed by atoms with van der Waals surface area (Å²) in [5.74, 6) is 0.497. The van der Waals surface area contributed by atoms with Gasteiger partial charge in [-0.1, -0.05) is 36.4 Å². The third kappa shape index (κ3) is 2.76. The highest BCUT2D eigenvalue weighted by atomic mass is 16.5. The van der Waals surface area contributed by atoms with Crippen molar-refractivity contribution >= 4 is 11.9 Å². The molecule has 2 aromatic rings. The number of hydrogen-bond donors (Lipinski definition) is 1. The molecule has 0 radical (unpaired) electrons. The van der Waals surface area contributed by atoms with E-state index >= 15 is 0 Å². The van der Waals surface area contributed by atoms with Gasteiger partial charge in [-0.05, 0) is 49.6 Å². The molecule has 0 saturated carbocycles. The third-order valence-electron chi connectivity index (χ3n) is 4.86. The van der Waals surface area contributed by atoms with Gasteiger partial charge in [0.05, 0.1) is 13.2 Å². The molecule has 1 N–H and O–H groups in total. The van der Waals surface area contributed by atoms with Gasteiger partial charge in [-0.15, -0.1) is 0 Å². The van der Waals surface area contributed by atoms with Gasteiger partial charge < -0.3 is 10.1 Å². The molecule has 0 aromatic heterocycles.